The van der Waals surface area contributed by atoms with Gasteiger partial charge in [0.05, 0.1) is 6.10 Å². The van der Waals surface area contributed by atoms with Crippen molar-refractivity contribution in [3.8, 4) is 0 Å². The van der Waals surface area contributed by atoms with Crippen molar-refractivity contribution >= 4 is 0 Å². The Morgan fingerprint density at radius 1 is 1.25 bits per heavy atom. The van der Waals surface area contributed by atoms with Gasteiger partial charge in [-0.15, -0.1) is 6.58 Å². The molecule has 0 fully saturated rings. The topological polar surface area (TPSA) is 20.2 Å². The first kappa shape index (κ1) is 13.0. The van der Waals surface area contributed by atoms with E-state index in [1.807, 2.05) is 19.1 Å². The summed E-state index contributed by atoms with van der Waals surface area (Å²) in [6.07, 6.45) is 0.209. The monoisotopic (exact) mass is 218 g/mol. The summed E-state index contributed by atoms with van der Waals surface area (Å²) in [5.41, 5.74) is 3.43. The van der Waals surface area contributed by atoms with Crippen molar-refractivity contribution < 1.29 is 5.11 Å². The van der Waals surface area contributed by atoms with Crippen LogP contribution in [0.1, 0.15) is 51.3 Å². The van der Waals surface area contributed by atoms with E-state index in [1.165, 1.54) is 5.56 Å². The molecule has 16 heavy (non-hydrogen) atoms. The summed E-state index contributed by atoms with van der Waals surface area (Å²) in [7, 11) is 0. The van der Waals surface area contributed by atoms with Crippen molar-refractivity contribution in [3.05, 3.63) is 47.5 Å². The van der Waals surface area contributed by atoms with E-state index < -0.39 is 6.10 Å². The summed E-state index contributed by atoms with van der Waals surface area (Å²) in [6.45, 7) is 12.3. The maximum atomic E-state index is 9.92. The van der Waals surface area contributed by atoms with Gasteiger partial charge >= 0.3 is 0 Å². The van der Waals surface area contributed by atoms with Crippen molar-refractivity contribution in [3.63, 3.8) is 0 Å². The lowest BCUT2D eigenvalue weighted by Crippen LogP contribution is -2.11. The number of hydrogen-bond acceptors (Lipinski definition) is 1. The third-order valence-corrected chi connectivity index (χ3v) is 2.70. The molecule has 1 aromatic rings. The fraction of sp³-hybridized carbons (Fsp3) is 0.467. The van der Waals surface area contributed by atoms with Crippen LogP contribution in [0.15, 0.2) is 36.4 Å². The van der Waals surface area contributed by atoms with Gasteiger partial charge in [-0.2, -0.15) is 0 Å². The van der Waals surface area contributed by atoms with Crippen LogP contribution in [0, 0.1) is 0 Å². The standard InChI is InChI=1S/C15H22O/c1-11(2)10-14(16)12-6-8-13(9-7-12)15(3,4)5/h6-9,14,16H,1,10H2,2-5H3. The van der Waals surface area contributed by atoms with Crippen molar-refractivity contribution in [2.75, 3.05) is 0 Å². The van der Waals surface area contributed by atoms with E-state index in [2.05, 4.69) is 39.5 Å². The number of aliphatic hydroxyl groups is 1. The number of rotatable bonds is 3. The normalized spacial score (nSPS) is 13.6. The molecule has 0 spiro atoms. The molecule has 1 heteroatoms. The molecule has 1 aromatic carbocycles. The first-order valence-electron chi connectivity index (χ1n) is 5.73. The molecule has 0 amide bonds. The molecule has 1 rings (SSSR count). The van der Waals surface area contributed by atoms with Crippen molar-refractivity contribution in [1.29, 1.82) is 0 Å². The Morgan fingerprint density at radius 2 is 1.75 bits per heavy atom. The predicted molar refractivity (Wildman–Crippen MR) is 69.5 cm³/mol. The van der Waals surface area contributed by atoms with E-state index >= 15 is 0 Å². The van der Waals surface area contributed by atoms with Gasteiger partial charge in [0.25, 0.3) is 0 Å². The zero-order valence-electron chi connectivity index (χ0n) is 10.7. The molecule has 0 aromatic heterocycles. The highest BCUT2D eigenvalue weighted by molar-refractivity contribution is 5.29. The molecule has 0 aliphatic rings. The zero-order chi connectivity index (χ0) is 12.3. The van der Waals surface area contributed by atoms with Gasteiger partial charge in [0.15, 0.2) is 0 Å². The molecule has 0 aliphatic heterocycles. The zero-order valence-corrected chi connectivity index (χ0v) is 10.7. The van der Waals surface area contributed by atoms with Gasteiger partial charge in [0, 0.05) is 0 Å². The summed E-state index contributed by atoms with van der Waals surface area (Å²) in [4.78, 5) is 0. The third-order valence-electron chi connectivity index (χ3n) is 2.70. The Labute approximate surface area is 98.8 Å². The Kier molecular flexibility index (Phi) is 3.93. The van der Waals surface area contributed by atoms with Crippen molar-refractivity contribution in [1.82, 2.24) is 0 Å². The molecule has 1 N–H and O–H groups in total. The van der Waals surface area contributed by atoms with Gasteiger partial charge in [-0.25, -0.2) is 0 Å². The van der Waals surface area contributed by atoms with Gasteiger partial charge < -0.3 is 5.11 Å². The lowest BCUT2D eigenvalue weighted by atomic mass is 9.86. The average Bonchev–Trinajstić information content (AvgIpc) is 2.15. The molecule has 88 valence electrons. The quantitative estimate of drug-likeness (QED) is 0.761. The Morgan fingerprint density at radius 3 is 2.12 bits per heavy atom. The molecular weight excluding hydrogens is 196 g/mol. The molecule has 0 radical (unpaired) electrons. The summed E-state index contributed by atoms with van der Waals surface area (Å²) in [6, 6.07) is 8.20. The second-order valence-electron chi connectivity index (χ2n) is 5.55. The highest BCUT2D eigenvalue weighted by Crippen LogP contribution is 2.25. The SMILES string of the molecule is C=C(C)CC(O)c1ccc(C(C)(C)C)cc1. The molecule has 1 unspecified atom stereocenters. The van der Waals surface area contributed by atoms with Gasteiger partial charge in [0.1, 0.15) is 0 Å². The molecular formula is C15H22O. The van der Waals surface area contributed by atoms with Crippen molar-refractivity contribution in [2.24, 2.45) is 0 Å². The van der Waals surface area contributed by atoms with Gasteiger partial charge in [-0.3, -0.25) is 0 Å². The van der Waals surface area contributed by atoms with Gasteiger partial charge in [-0.05, 0) is 29.9 Å². The van der Waals surface area contributed by atoms with Crippen LogP contribution in [-0.2, 0) is 5.41 Å². The Bertz CT molecular complexity index is 354. The van der Waals surface area contributed by atoms with Crippen LogP contribution < -0.4 is 0 Å². The second-order valence-corrected chi connectivity index (χ2v) is 5.55. The van der Waals surface area contributed by atoms with Crippen LogP contribution in [-0.4, -0.2) is 5.11 Å². The maximum absolute atomic E-state index is 9.92. The number of hydrogen-bond donors (Lipinski definition) is 1. The minimum Gasteiger partial charge on any atom is -0.388 e. The summed E-state index contributed by atoms with van der Waals surface area (Å²) >= 11 is 0. The van der Waals surface area contributed by atoms with Gasteiger partial charge in [0.2, 0.25) is 0 Å². The highest BCUT2D eigenvalue weighted by Gasteiger charge is 2.14. The summed E-state index contributed by atoms with van der Waals surface area (Å²) in [5.74, 6) is 0. The fourth-order valence-corrected chi connectivity index (χ4v) is 1.65. The predicted octanol–water partition coefficient (Wildman–Crippen LogP) is 3.98. The van der Waals surface area contributed by atoms with E-state index in [1.54, 1.807) is 0 Å². The molecule has 0 saturated heterocycles. The van der Waals surface area contributed by atoms with Crippen LogP contribution in [0.3, 0.4) is 0 Å². The lowest BCUT2D eigenvalue weighted by molar-refractivity contribution is 0.178. The third kappa shape index (κ3) is 3.49. The maximum Gasteiger partial charge on any atom is 0.0826 e. The minimum atomic E-state index is -0.425. The van der Waals surface area contributed by atoms with Crippen LogP contribution in [0.2, 0.25) is 0 Å². The first-order chi connectivity index (χ1) is 7.30. The van der Waals surface area contributed by atoms with E-state index in [9.17, 15) is 5.11 Å². The number of benzene rings is 1. The van der Waals surface area contributed by atoms with E-state index in [0.717, 1.165) is 11.1 Å². The molecule has 1 atom stereocenters. The van der Waals surface area contributed by atoms with E-state index in [-0.39, 0.29) is 5.41 Å². The average molecular weight is 218 g/mol. The van der Waals surface area contributed by atoms with Crippen LogP contribution in [0.25, 0.3) is 0 Å². The first-order valence-corrected chi connectivity index (χ1v) is 5.73. The minimum absolute atomic E-state index is 0.165. The lowest BCUT2D eigenvalue weighted by Gasteiger charge is -2.20. The van der Waals surface area contributed by atoms with E-state index in [0.29, 0.717) is 6.42 Å². The van der Waals surface area contributed by atoms with Crippen LogP contribution in [0.4, 0.5) is 0 Å². The molecule has 1 nitrogen and oxygen atoms in total. The summed E-state index contributed by atoms with van der Waals surface area (Å²) < 4.78 is 0. The largest absolute Gasteiger partial charge is 0.388 e. The second kappa shape index (κ2) is 4.84. The molecule has 0 heterocycles. The molecule has 0 saturated carbocycles. The van der Waals surface area contributed by atoms with Crippen LogP contribution >= 0.6 is 0 Å². The Balaban J connectivity index is 2.83. The smallest absolute Gasteiger partial charge is 0.0826 e. The van der Waals surface area contributed by atoms with Gasteiger partial charge in [-0.1, -0.05) is 50.6 Å². The highest BCUT2D eigenvalue weighted by atomic mass is 16.3. The summed E-state index contributed by atoms with van der Waals surface area (Å²) in [5, 5.41) is 9.92. The molecule has 0 aliphatic carbocycles. The fourth-order valence-electron chi connectivity index (χ4n) is 1.65. The van der Waals surface area contributed by atoms with Crippen LogP contribution in [0.5, 0.6) is 0 Å². The molecule has 0 bridgehead atoms. The number of aliphatic hydroxyl groups excluding tert-OH is 1. The Hall–Kier alpha value is -1.08. The van der Waals surface area contributed by atoms with Crippen molar-refractivity contribution in [2.45, 2.75) is 45.6 Å². The van der Waals surface area contributed by atoms with E-state index in [4.69, 9.17) is 0 Å².